The molecule has 0 aliphatic carbocycles. The van der Waals surface area contributed by atoms with Gasteiger partial charge in [0.15, 0.2) is 12.0 Å². The summed E-state index contributed by atoms with van der Waals surface area (Å²) in [5.41, 5.74) is -1.36. The molecular weight excluding hydrogens is 218 g/mol. The van der Waals surface area contributed by atoms with Crippen molar-refractivity contribution in [3.63, 3.8) is 0 Å². The van der Waals surface area contributed by atoms with Crippen molar-refractivity contribution in [3.8, 4) is 0 Å². The van der Waals surface area contributed by atoms with Gasteiger partial charge >= 0.3 is 0 Å². The third-order valence-corrected chi connectivity index (χ3v) is 1.54. The minimum atomic E-state index is -2.68. The molecule has 0 aromatic rings. The van der Waals surface area contributed by atoms with Crippen molar-refractivity contribution in [1.29, 1.82) is 0 Å². The van der Waals surface area contributed by atoms with Gasteiger partial charge in [-0.1, -0.05) is 0 Å². The van der Waals surface area contributed by atoms with Crippen molar-refractivity contribution >= 4 is 18.7 Å². The molecule has 0 heterocycles. The summed E-state index contributed by atoms with van der Waals surface area (Å²) in [7, 11) is 0. The van der Waals surface area contributed by atoms with Crippen molar-refractivity contribution in [2.75, 3.05) is 6.61 Å². The summed E-state index contributed by atoms with van der Waals surface area (Å²) in [6, 6.07) is 0. The molecule has 0 amide bonds. The number of carbonyl (C=O) groups is 1. The van der Waals surface area contributed by atoms with E-state index in [0.29, 0.717) is 0 Å². The number of nitrogens with two attached hydrogens (primary N) is 1. The lowest BCUT2D eigenvalue weighted by Gasteiger charge is -2.28. The Morgan fingerprint density at radius 2 is 2.00 bits per heavy atom. The minimum absolute atomic E-state index is 0. The van der Waals surface area contributed by atoms with Crippen molar-refractivity contribution in [2.45, 2.75) is 24.0 Å². The number of aliphatic hydroxyl groups excluding tert-OH is 4. The summed E-state index contributed by atoms with van der Waals surface area (Å²) in [5.74, 6) is 0. The normalized spacial score (nSPS) is 22.2. The molecule has 0 aromatic heterocycles. The predicted octanol–water partition coefficient (Wildman–Crippen LogP) is -3.67. The fraction of sp³-hybridized carbons (Fsp3) is 0.833. The van der Waals surface area contributed by atoms with Gasteiger partial charge in [0, 0.05) is 0 Å². The van der Waals surface area contributed by atoms with Crippen LogP contribution in [0, 0.1) is 0 Å². The topological polar surface area (TPSA) is 144 Å². The molecule has 14 heavy (non-hydrogen) atoms. The van der Waals surface area contributed by atoms with Crippen LogP contribution in [-0.4, -0.2) is 62.5 Å². The van der Waals surface area contributed by atoms with Crippen LogP contribution in [0.15, 0.2) is 0 Å². The van der Waals surface area contributed by atoms with Crippen LogP contribution >= 0.6 is 12.4 Å². The maximum Gasteiger partial charge on any atom is 0.199 e. The molecule has 0 spiro atoms. The van der Waals surface area contributed by atoms with Gasteiger partial charge < -0.3 is 25.5 Å². The highest BCUT2D eigenvalue weighted by Gasteiger charge is 2.39. The van der Waals surface area contributed by atoms with E-state index in [2.05, 4.69) is 0 Å². The van der Waals surface area contributed by atoms with E-state index in [4.69, 9.17) is 26.9 Å². The second-order valence-corrected chi connectivity index (χ2v) is 2.63. The third kappa shape index (κ3) is 3.84. The third-order valence-electron chi connectivity index (χ3n) is 1.54. The summed E-state index contributed by atoms with van der Waals surface area (Å²) in [5, 5.41) is 44.7. The Kier molecular flexibility index (Phi) is 6.12. The molecule has 0 bridgehead atoms. The van der Waals surface area contributed by atoms with Gasteiger partial charge in [-0.25, -0.2) is 0 Å². The number of hydrogen-bond acceptors (Lipinski definition) is 7. The summed E-state index contributed by atoms with van der Waals surface area (Å²) >= 11 is 0. The van der Waals surface area contributed by atoms with Gasteiger partial charge in [-0.3, -0.25) is 10.5 Å². The average molecular weight is 233 g/mol. The van der Waals surface area contributed by atoms with Crippen LogP contribution in [-0.2, 0) is 4.79 Å². The van der Waals surface area contributed by atoms with E-state index in [0.717, 1.165) is 0 Å². The van der Waals surface area contributed by atoms with Gasteiger partial charge in [0.1, 0.15) is 19.7 Å². The molecule has 7 nitrogen and oxygen atoms in total. The predicted molar refractivity (Wildman–Crippen MR) is 47.6 cm³/mol. The van der Waals surface area contributed by atoms with Crippen LogP contribution in [0.2, 0.25) is 1.41 Å². The molecule has 7 N–H and O–H groups in total. The minimum Gasteiger partial charge on any atom is -0.394 e. The standard InChI is InChI=1S/C6H13NO6.ClH/c7-6(13,2-9)5(12)4(11)3(10)1-8;/h2-5,8,10-13H,1,7H2;1H/t3-,4+,5+,6+;/m1./s1/i/hD. The lowest BCUT2D eigenvalue weighted by Crippen LogP contribution is -2.60. The van der Waals surface area contributed by atoms with E-state index in [-0.39, 0.29) is 18.7 Å². The maximum absolute atomic E-state index is 10.3. The highest BCUT2D eigenvalue weighted by atomic mass is 35.5. The highest BCUT2D eigenvalue weighted by molar-refractivity contribution is 5.85. The molecule has 0 aliphatic rings. The Morgan fingerprint density at radius 3 is 2.29 bits per heavy atom. The van der Waals surface area contributed by atoms with E-state index in [1.165, 1.54) is 5.73 Å². The number of aliphatic hydroxyl groups is 5. The van der Waals surface area contributed by atoms with Crippen LogP contribution < -0.4 is 5.73 Å². The van der Waals surface area contributed by atoms with Gasteiger partial charge in [0.2, 0.25) is 0 Å². The molecule has 86 valence electrons. The Morgan fingerprint density at radius 1 is 1.50 bits per heavy atom. The monoisotopic (exact) mass is 232 g/mol. The van der Waals surface area contributed by atoms with Crippen molar-refractivity contribution in [3.05, 3.63) is 0 Å². The average Bonchev–Trinajstić information content (AvgIpc) is 2.24. The fourth-order valence-corrected chi connectivity index (χ4v) is 0.648. The van der Waals surface area contributed by atoms with Crippen LogP contribution in [0.1, 0.15) is 0 Å². The SMILES string of the molecule is Cl.[2H]N[C@](O)(C=O)[C@@H](O)[C@@H](O)[C@H](O)CO. The Labute approximate surface area is 87.7 Å². The summed E-state index contributed by atoms with van der Waals surface area (Å²) < 4.78 is 6.53. The first-order valence-corrected chi connectivity index (χ1v) is 3.45. The van der Waals surface area contributed by atoms with Gasteiger partial charge in [0.25, 0.3) is 0 Å². The van der Waals surface area contributed by atoms with Crippen LogP contribution in [0.4, 0.5) is 0 Å². The van der Waals surface area contributed by atoms with Gasteiger partial charge in [-0.15, -0.1) is 12.4 Å². The van der Waals surface area contributed by atoms with Crippen LogP contribution in [0.3, 0.4) is 0 Å². The van der Waals surface area contributed by atoms with E-state index in [1.54, 1.807) is 0 Å². The smallest absolute Gasteiger partial charge is 0.199 e. The Bertz CT molecular complexity index is 198. The van der Waals surface area contributed by atoms with Crippen LogP contribution in [0.25, 0.3) is 0 Å². The molecule has 0 aliphatic heterocycles. The molecule has 0 saturated heterocycles. The maximum atomic E-state index is 10.3. The highest BCUT2D eigenvalue weighted by Crippen LogP contribution is 2.08. The van der Waals surface area contributed by atoms with Gasteiger partial charge in [-0.2, -0.15) is 0 Å². The van der Waals surface area contributed by atoms with Gasteiger partial charge in [-0.05, 0) is 0 Å². The zero-order valence-electron chi connectivity index (χ0n) is 8.07. The lowest BCUT2D eigenvalue weighted by molar-refractivity contribution is -0.163. The number of carbonyl (C=O) groups excluding carboxylic acids is 1. The van der Waals surface area contributed by atoms with Crippen molar-refractivity contribution in [2.24, 2.45) is 5.73 Å². The number of hydrogen-bond donors (Lipinski definition) is 6. The van der Waals surface area contributed by atoms with E-state index in [1.807, 2.05) is 0 Å². The first-order chi connectivity index (χ1) is 6.42. The second-order valence-electron chi connectivity index (χ2n) is 2.63. The summed E-state index contributed by atoms with van der Waals surface area (Å²) in [6.45, 7) is -0.856. The number of halogens is 1. The Hall–Kier alpha value is -0.280. The molecule has 0 saturated carbocycles. The molecule has 0 aromatic carbocycles. The van der Waals surface area contributed by atoms with E-state index >= 15 is 0 Å². The Balaban J connectivity index is 0. The fourth-order valence-electron chi connectivity index (χ4n) is 0.648. The van der Waals surface area contributed by atoms with E-state index < -0.39 is 30.6 Å². The van der Waals surface area contributed by atoms with Gasteiger partial charge in [0.05, 0.1) is 6.61 Å². The first kappa shape index (κ1) is 13.7. The van der Waals surface area contributed by atoms with Crippen molar-refractivity contribution in [1.82, 2.24) is 0 Å². The molecule has 4 atom stereocenters. The largest absolute Gasteiger partial charge is 0.394 e. The summed E-state index contributed by atoms with van der Waals surface area (Å²) in [6.07, 6.45) is -5.99. The quantitative estimate of drug-likeness (QED) is 0.204. The lowest BCUT2D eigenvalue weighted by atomic mass is 10.00. The first-order valence-electron chi connectivity index (χ1n) is 3.95. The van der Waals surface area contributed by atoms with Crippen molar-refractivity contribution < 1.29 is 31.7 Å². The molecular formula is C6H14ClNO6. The molecule has 0 rings (SSSR count). The molecule has 0 unspecified atom stereocenters. The molecule has 0 radical (unpaired) electrons. The number of aldehydes is 1. The zero-order valence-corrected chi connectivity index (χ0v) is 7.89. The van der Waals surface area contributed by atoms with Crippen LogP contribution in [0.5, 0.6) is 0 Å². The zero-order chi connectivity index (χ0) is 11.4. The summed E-state index contributed by atoms with van der Waals surface area (Å²) in [4.78, 5) is 10.3. The number of rotatable bonds is 6. The van der Waals surface area contributed by atoms with E-state index in [9.17, 15) is 4.79 Å². The molecule has 0 fully saturated rings. The second kappa shape index (κ2) is 6.25. The molecule has 8 heteroatoms.